The van der Waals surface area contributed by atoms with Gasteiger partial charge in [0.2, 0.25) is 11.9 Å². The molecular weight excluding hydrogens is 266 g/mol. The Morgan fingerprint density at radius 1 is 1.15 bits per heavy atom. The first-order chi connectivity index (χ1) is 9.65. The third-order valence-electron chi connectivity index (χ3n) is 2.53. The smallest absolute Gasteiger partial charge is 0.407 e. The van der Waals surface area contributed by atoms with Crippen LogP contribution >= 0.6 is 0 Å². The molecule has 6 heteroatoms. The van der Waals surface area contributed by atoms with Gasteiger partial charge in [-0.1, -0.05) is 30.3 Å². The molecule has 2 rings (SSSR count). The summed E-state index contributed by atoms with van der Waals surface area (Å²) in [4.78, 5) is 14.4. The van der Waals surface area contributed by atoms with Crippen molar-refractivity contribution in [2.75, 3.05) is 0 Å². The Bertz CT molecular complexity index is 591. The third kappa shape index (κ3) is 4.01. The summed E-state index contributed by atoms with van der Waals surface area (Å²) in [6.45, 7) is 0.00353. The molecule has 0 aliphatic rings. The maximum Gasteiger partial charge on any atom is 0.407 e. The number of alkyl carbamates (subject to hydrolysis) is 1. The van der Waals surface area contributed by atoms with Gasteiger partial charge in [0, 0.05) is 5.56 Å². The molecule has 0 aliphatic carbocycles. The van der Waals surface area contributed by atoms with Gasteiger partial charge in [0.1, 0.15) is 6.61 Å². The summed E-state index contributed by atoms with van der Waals surface area (Å²) < 4.78 is 30.7. The molecule has 0 atom stereocenters. The number of nitrogens with one attached hydrogen (secondary N) is 1. The summed E-state index contributed by atoms with van der Waals surface area (Å²) in [5.41, 5.74) is 0.931. The van der Waals surface area contributed by atoms with Crippen LogP contribution in [0.25, 0.3) is 0 Å². The van der Waals surface area contributed by atoms with E-state index in [9.17, 15) is 13.6 Å². The molecule has 0 fully saturated rings. The zero-order valence-corrected chi connectivity index (χ0v) is 10.5. The Balaban J connectivity index is 1.80. The van der Waals surface area contributed by atoms with Crippen molar-refractivity contribution in [3.05, 3.63) is 65.5 Å². The van der Waals surface area contributed by atoms with E-state index in [1.807, 2.05) is 30.3 Å². The van der Waals surface area contributed by atoms with Crippen LogP contribution in [0.5, 0.6) is 0 Å². The van der Waals surface area contributed by atoms with Crippen LogP contribution in [0.3, 0.4) is 0 Å². The highest BCUT2D eigenvalue weighted by Crippen LogP contribution is 2.05. The van der Waals surface area contributed by atoms with E-state index in [0.717, 1.165) is 11.6 Å². The molecule has 0 bridgehead atoms. The van der Waals surface area contributed by atoms with E-state index in [0.29, 0.717) is 0 Å². The molecule has 1 aromatic carbocycles. The van der Waals surface area contributed by atoms with Crippen molar-refractivity contribution in [1.82, 2.24) is 10.3 Å². The molecule has 1 N–H and O–H groups in total. The number of nitrogens with zero attached hydrogens (tertiary/aromatic N) is 1. The van der Waals surface area contributed by atoms with Crippen molar-refractivity contribution in [3.63, 3.8) is 0 Å². The largest absolute Gasteiger partial charge is 0.445 e. The van der Waals surface area contributed by atoms with E-state index in [4.69, 9.17) is 4.74 Å². The van der Waals surface area contributed by atoms with Gasteiger partial charge in [0.15, 0.2) is 0 Å². The number of ether oxygens (including phenoxy) is 1. The van der Waals surface area contributed by atoms with Gasteiger partial charge in [0.25, 0.3) is 0 Å². The fraction of sp³-hybridized carbons (Fsp3) is 0.143. The second-order valence-corrected chi connectivity index (χ2v) is 4.00. The molecular formula is C14H12F2N2O2. The highest BCUT2D eigenvalue weighted by molar-refractivity contribution is 5.67. The van der Waals surface area contributed by atoms with E-state index in [-0.39, 0.29) is 18.7 Å². The van der Waals surface area contributed by atoms with Crippen LogP contribution in [-0.2, 0) is 17.9 Å². The number of rotatable bonds is 4. The minimum atomic E-state index is -0.951. The SMILES string of the molecule is O=C(NCc1ccc(F)nc1F)OCc1ccccc1. The van der Waals surface area contributed by atoms with E-state index in [1.54, 1.807) is 0 Å². The number of hydrogen-bond donors (Lipinski definition) is 1. The standard InChI is InChI=1S/C14H12F2N2O2/c15-12-7-6-11(13(16)18-12)8-17-14(19)20-9-10-4-2-1-3-5-10/h1-7H,8-9H2,(H,17,19). The molecule has 1 amide bonds. The minimum absolute atomic E-state index is 0.0862. The molecule has 0 aliphatic heterocycles. The lowest BCUT2D eigenvalue weighted by atomic mass is 10.2. The van der Waals surface area contributed by atoms with Gasteiger partial charge >= 0.3 is 6.09 Å². The lowest BCUT2D eigenvalue weighted by molar-refractivity contribution is 0.139. The third-order valence-corrected chi connectivity index (χ3v) is 2.53. The molecule has 0 spiro atoms. The predicted molar refractivity (Wildman–Crippen MR) is 67.6 cm³/mol. The molecule has 1 aromatic heterocycles. The van der Waals surface area contributed by atoms with Crippen LogP contribution in [0.15, 0.2) is 42.5 Å². The first-order valence-corrected chi connectivity index (χ1v) is 5.90. The minimum Gasteiger partial charge on any atom is -0.445 e. The zero-order valence-electron chi connectivity index (χ0n) is 10.5. The Labute approximate surface area is 114 Å². The van der Waals surface area contributed by atoms with Crippen LogP contribution in [0.4, 0.5) is 13.6 Å². The van der Waals surface area contributed by atoms with Crippen LogP contribution in [0.2, 0.25) is 0 Å². The number of hydrogen-bond acceptors (Lipinski definition) is 3. The maximum atomic E-state index is 13.2. The number of amides is 1. The summed E-state index contributed by atoms with van der Waals surface area (Å²) in [5, 5.41) is 2.37. The molecule has 1 heterocycles. The topological polar surface area (TPSA) is 51.2 Å². The first kappa shape index (κ1) is 13.9. The Morgan fingerprint density at radius 2 is 1.90 bits per heavy atom. The fourth-order valence-corrected chi connectivity index (χ4v) is 1.51. The van der Waals surface area contributed by atoms with Crippen molar-refractivity contribution < 1.29 is 18.3 Å². The van der Waals surface area contributed by atoms with Crippen LogP contribution in [0.1, 0.15) is 11.1 Å². The van der Waals surface area contributed by atoms with Crippen molar-refractivity contribution in [1.29, 1.82) is 0 Å². The molecule has 20 heavy (non-hydrogen) atoms. The highest BCUT2D eigenvalue weighted by atomic mass is 19.1. The molecule has 104 valence electrons. The van der Waals surface area contributed by atoms with Crippen LogP contribution in [-0.4, -0.2) is 11.1 Å². The monoisotopic (exact) mass is 278 g/mol. The Morgan fingerprint density at radius 3 is 2.60 bits per heavy atom. The Hall–Kier alpha value is -2.50. The summed E-state index contributed by atoms with van der Waals surface area (Å²) in [7, 11) is 0. The van der Waals surface area contributed by atoms with E-state index in [2.05, 4.69) is 10.3 Å². The van der Waals surface area contributed by atoms with Gasteiger partial charge < -0.3 is 10.1 Å². The molecule has 0 radical (unpaired) electrons. The van der Waals surface area contributed by atoms with E-state index < -0.39 is 18.0 Å². The summed E-state index contributed by atoms with van der Waals surface area (Å²) in [6.07, 6.45) is -0.683. The molecule has 0 saturated heterocycles. The Kier molecular flexibility index (Phi) is 4.60. The number of pyridine rings is 1. The predicted octanol–water partition coefficient (Wildman–Crippen LogP) is 2.79. The molecule has 0 unspecified atom stereocenters. The summed E-state index contributed by atoms with van der Waals surface area (Å²) in [5.74, 6) is -1.86. The zero-order chi connectivity index (χ0) is 14.4. The molecule has 2 aromatic rings. The second kappa shape index (κ2) is 6.60. The van der Waals surface area contributed by atoms with Gasteiger partial charge in [-0.05, 0) is 17.7 Å². The van der Waals surface area contributed by atoms with Crippen molar-refractivity contribution >= 4 is 6.09 Å². The normalized spacial score (nSPS) is 10.1. The quantitative estimate of drug-likeness (QED) is 0.875. The van der Waals surface area contributed by atoms with Crippen molar-refractivity contribution in [2.24, 2.45) is 0 Å². The van der Waals surface area contributed by atoms with Gasteiger partial charge in [-0.15, -0.1) is 0 Å². The highest BCUT2D eigenvalue weighted by Gasteiger charge is 2.08. The first-order valence-electron chi connectivity index (χ1n) is 5.90. The lowest BCUT2D eigenvalue weighted by Gasteiger charge is -2.07. The van der Waals surface area contributed by atoms with Crippen molar-refractivity contribution in [2.45, 2.75) is 13.2 Å². The number of benzene rings is 1. The average molecular weight is 278 g/mol. The van der Waals surface area contributed by atoms with Gasteiger partial charge in [-0.2, -0.15) is 13.8 Å². The fourth-order valence-electron chi connectivity index (χ4n) is 1.51. The molecule has 4 nitrogen and oxygen atoms in total. The van der Waals surface area contributed by atoms with Gasteiger partial charge in [-0.3, -0.25) is 0 Å². The maximum absolute atomic E-state index is 13.2. The molecule has 0 saturated carbocycles. The van der Waals surface area contributed by atoms with Gasteiger partial charge in [0.05, 0.1) is 6.54 Å². The number of aromatic nitrogens is 1. The van der Waals surface area contributed by atoms with Crippen molar-refractivity contribution in [3.8, 4) is 0 Å². The van der Waals surface area contributed by atoms with E-state index in [1.165, 1.54) is 6.07 Å². The van der Waals surface area contributed by atoms with E-state index >= 15 is 0 Å². The second-order valence-electron chi connectivity index (χ2n) is 4.00. The summed E-state index contributed by atoms with van der Waals surface area (Å²) >= 11 is 0. The number of halogens is 2. The lowest BCUT2D eigenvalue weighted by Crippen LogP contribution is -2.24. The van der Waals surface area contributed by atoms with Crippen LogP contribution < -0.4 is 5.32 Å². The number of carbonyl (C=O) groups is 1. The van der Waals surface area contributed by atoms with Gasteiger partial charge in [-0.25, -0.2) is 4.79 Å². The van der Waals surface area contributed by atoms with Crippen LogP contribution in [0, 0.1) is 11.9 Å². The average Bonchev–Trinajstić information content (AvgIpc) is 2.45. The number of carbonyl (C=O) groups excluding carboxylic acids is 1. The summed E-state index contributed by atoms with van der Waals surface area (Å²) in [6, 6.07) is 11.4.